The molecule has 0 spiro atoms. The van der Waals surface area contributed by atoms with Crippen molar-refractivity contribution < 1.29 is 9.53 Å². The van der Waals surface area contributed by atoms with Crippen LogP contribution in [0.15, 0.2) is 66.7 Å². The van der Waals surface area contributed by atoms with Crippen LogP contribution in [-0.2, 0) is 0 Å². The number of carbonyl (C=O) groups excluding carboxylic acids is 1. The third kappa shape index (κ3) is 4.07. The van der Waals surface area contributed by atoms with Crippen molar-refractivity contribution in [2.24, 2.45) is 0 Å². The van der Waals surface area contributed by atoms with Crippen LogP contribution in [0.4, 0.5) is 0 Å². The summed E-state index contributed by atoms with van der Waals surface area (Å²) in [5.41, 5.74) is 0.934. The van der Waals surface area contributed by atoms with Crippen LogP contribution in [0.1, 0.15) is 21.5 Å². The largest absolute Gasteiger partial charge is 0.422 e. The van der Waals surface area contributed by atoms with Crippen LogP contribution in [0.25, 0.3) is 0 Å². The Labute approximate surface area is 165 Å². The molecular weight excluding hydrogens is 393 g/mol. The molecule has 0 aliphatic carbocycles. The number of nitrogens with zero attached hydrogens (tertiary/aromatic N) is 1. The third-order valence-electron chi connectivity index (χ3n) is 3.60. The summed E-state index contributed by atoms with van der Waals surface area (Å²) in [5, 5.41) is 11.7. The Hall–Kier alpha value is -2.33. The van der Waals surface area contributed by atoms with Crippen LogP contribution in [0, 0.1) is 0 Å². The molecular formula is C20H11Cl3NO2. The Kier molecular flexibility index (Phi) is 5.62. The molecule has 0 atom stereocenters. The Morgan fingerprint density at radius 1 is 0.808 bits per heavy atom. The molecule has 0 aliphatic rings. The number of esters is 1. The Balaban J connectivity index is 1.96. The number of benzene rings is 3. The normalized spacial score (nSPS) is 10.4. The quantitative estimate of drug-likeness (QED) is 0.328. The first-order valence-corrected chi connectivity index (χ1v) is 8.67. The third-order valence-corrected chi connectivity index (χ3v) is 4.58. The fourth-order valence-electron chi connectivity index (χ4n) is 2.31. The number of halogens is 3. The minimum atomic E-state index is -0.545. The monoisotopic (exact) mass is 402 g/mol. The molecule has 0 aromatic heterocycles. The van der Waals surface area contributed by atoms with Gasteiger partial charge < -0.3 is 4.74 Å². The van der Waals surface area contributed by atoms with Gasteiger partial charge in [-0.1, -0.05) is 59.1 Å². The zero-order chi connectivity index (χ0) is 18.7. The molecule has 0 fully saturated rings. The number of ether oxygens (including phenoxy) is 1. The summed E-state index contributed by atoms with van der Waals surface area (Å²) < 4.78 is 5.45. The fourth-order valence-corrected chi connectivity index (χ4v) is 2.78. The van der Waals surface area contributed by atoms with Crippen molar-refractivity contribution in [3.63, 3.8) is 0 Å². The molecule has 0 bridgehead atoms. The van der Waals surface area contributed by atoms with E-state index in [4.69, 9.17) is 39.5 Å². The van der Waals surface area contributed by atoms with Crippen LogP contribution in [0.3, 0.4) is 0 Å². The summed E-state index contributed by atoms with van der Waals surface area (Å²) in [4.78, 5) is 12.3. The zero-order valence-corrected chi connectivity index (χ0v) is 15.5. The van der Waals surface area contributed by atoms with Gasteiger partial charge >= 0.3 is 5.97 Å². The highest BCUT2D eigenvalue weighted by Gasteiger charge is 2.17. The van der Waals surface area contributed by atoms with E-state index in [1.165, 1.54) is 18.2 Å². The van der Waals surface area contributed by atoms with Crippen molar-refractivity contribution in [1.82, 2.24) is 5.41 Å². The molecule has 0 unspecified atom stereocenters. The number of carbonyl (C=O) groups is 1. The second-order valence-electron chi connectivity index (χ2n) is 5.37. The average Bonchev–Trinajstić information content (AvgIpc) is 2.65. The predicted octanol–water partition coefficient (Wildman–Crippen LogP) is 5.50. The molecule has 0 saturated carbocycles. The van der Waals surface area contributed by atoms with Gasteiger partial charge in [0.2, 0.25) is 0 Å². The Morgan fingerprint density at radius 2 is 1.54 bits per heavy atom. The average molecular weight is 404 g/mol. The molecule has 26 heavy (non-hydrogen) atoms. The molecule has 3 rings (SSSR count). The van der Waals surface area contributed by atoms with Crippen molar-refractivity contribution >= 4 is 46.5 Å². The van der Waals surface area contributed by atoms with E-state index >= 15 is 0 Å². The Morgan fingerprint density at radius 3 is 2.23 bits per heavy atom. The van der Waals surface area contributed by atoms with E-state index < -0.39 is 5.97 Å². The lowest BCUT2D eigenvalue weighted by Gasteiger charge is -2.12. The molecule has 0 N–H and O–H groups in total. The number of hydrogen-bond donors (Lipinski definition) is 0. The van der Waals surface area contributed by atoms with Crippen LogP contribution >= 0.6 is 34.8 Å². The van der Waals surface area contributed by atoms with Crippen LogP contribution in [0.5, 0.6) is 5.75 Å². The van der Waals surface area contributed by atoms with Gasteiger partial charge in [0.05, 0.1) is 15.6 Å². The molecule has 3 nitrogen and oxygen atoms in total. The first-order chi connectivity index (χ1) is 12.5. The van der Waals surface area contributed by atoms with Gasteiger partial charge in [0.25, 0.3) is 0 Å². The summed E-state index contributed by atoms with van der Waals surface area (Å²) in [6.45, 7) is 0. The standard InChI is InChI=1S/C20H11Cl3NO2/c21-14-7-9-18(26-20(25)12-4-2-1-3-5-12)15(11-14)19(24)13-6-8-16(22)17(23)10-13/h1-11H. The summed E-state index contributed by atoms with van der Waals surface area (Å²) in [6.07, 6.45) is 0. The second kappa shape index (κ2) is 7.92. The number of rotatable bonds is 4. The van der Waals surface area contributed by atoms with Crippen molar-refractivity contribution in [1.29, 1.82) is 0 Å². The van der Waals surface area contributed by atoms with Gasteiger partial charge in [-0.2, -0.15) is 0 Å². The SMILES string of the molecule is [N]=C(c1ccc(Cl)c(Cl)c1)c1cc(Cl)ccc1OC(=O)c1ccccc1. The highest BCUT2D eigenvalue weighted by Crippen LogP contribution is 2.28. The lowest BCUT2D eigenvalue weighted by atomic mass is 10.0. The van der Waals surface area contributed by atoms with Crippen molar-refractivity contribution in [2.45, 2.75) is 0 Å². The van der Waals surface area contributed by atoms with E-state index in [0.717, 1.165) is 0 Å². The fraction of sp³-hybridized carbons (Fsp3) is 0. The highest BCUT2D eigenvalue weighted by molar-refractivity contribution is 6.42. The lowest BCUT2D eigenvalue weighted by Crippen LogP contribution is -2.13. The van der Waals surface area contributed by atoms with Gasteiger partial charge in [-0.15, -0.1) is 5.41 Å². The smallest absolute Gasteiger partial charge is 0.343 e. The van der Waals surface area contributed by atoms with Crippen molar-refractivity contribution in [3.8, 4) is 5.75 Å². The van der Waals surface area contributed by atoms with Gasteiger partial charge in [0, 0.05) is 16.1 Å². The minimum absolute atomic E-state index is 0.137. The second-order valence-corrected chi connectivity index (χ2v) is 6.62. The van der Waals surface area contributed by atoms with Gasteiger partial charge in [-0.25, -0.2) is 4.79 Å². The predicted molar refractivity (Wildman–Crippen MR) is 105 cm³/mol. The molecule has 0 amide bonds. The minimum Gasteiger partial charge on any atom is -0.422 e. The summed E-state index contributed by atoms with van der Waals surface area (Å²) in [5.74, 6) is -0.372. The molecule has 129 valence electrons. The number of hydrogen-bond acceptors (Lipinski definition) is 2. The zero-order valence-electron chi connectivity index (χ0n) is 13.2. The van der Waals surface area contributed by atoms with Crippen molar-refractivity contribution in [2.75, 3.05) is 0 Å². The van der Waals surface area contributed by atoms with Gasteiger partial charge in [0.15, 0.2) is 0 Å². The molecule has 3 aromatic carbocycles. The molecule has 6 heteroatoms. The van der Waals surface area contributed by atoms with E-state index in [1.807, 2.05) is 0 Å². The molecule has 3 aromatic rings. The van der Waals surface area contributed by atoms with Gasteiger partial charge in [-0.05, 0) is 42.5 Å². The topological polar surface area (TPSA) is 48.6 Å². The van der Waals surface area contributed by atoms with Gasteiger partial charge in [-0.3, -0.25) is 0 Å². The first-order valence-electron chi connectivity index (χ1n) is 7.54. The van der Waals surface area contributed by atoms with E-state index in [-0.39, 0.29) is 17.0 Å². The van der Waals surface area contributed by atoms with E-state index in [0.29, 0.717) is 26.2 Å². The van der Waals surface area contributed by atoms with E-state index in [1.54, 1.807) is 48.5 Å². The van der Waals surface area contributed by atoms with Crippen LogP contribution in [0.2, 0.25) is 15.1 Å². The van der Waals surface area contributed by atoms with E-state index in [9.17, 15) is 10.2 Å². The van der Waals surface area contributed by atoms with E-state index in [2.05, 4.69) is 0 Å². The molecule has 0 heterocycles. The lowest BCUT2D eigenvalue weighted by molar-refractivity contribution is 0.0734. The summed E-state index contributed by atoms with van der Waals surface area (Å²) >= 11 is 18.0. The first kappa shape index (κ1) is 18.5. The van der Waals surface area contributed by atoms with Crippen LogP contribution in [-0.4, -0.2) is 11.7 Å². The maximum atomic E-state index is 12.3. The maximum absolute atomic E-state index is 12.3. The molecule has 0 saturated heterocycles. The van der Waals surface area contributed by atoms with Gasteiger partial charge in [0.1, 0.15) is 11.5 Å². The van der Waals surface area contributed by atoms with Crippen molar-refractivity contribution in [3.05, 3.63) is 98.5 Å². The summed E-state index contributed by atoms with van der Waals surface area (Å²) in [7, 11) is 0. The molecule has 1 radical (unpaired) electrons. The maximum Gasteiger partial charge on any atom is 0.343 e. The van der Waals surface area contributed by atoms with Crippen LogP contribution < -0.4 is 10.1 Å². The Bertz CT molecular complexity index is 988. The summed E-state index contributed by atoms with van der Waals surface area (Å²) in [6, 6.07) is 17.8. The molecule has 0 aliphatic heterocycles. The highest BCUT2D eigenvalue weighted by atomic mass is 35.5.